The van der Waals surface area contributed by atoms with Crippen molar-refractivity contribution in [2.24, 2.45) is 0 Å². The van der Waals surface area contributed by atoms with Crippen molar-refractivity contribution < 1.29 is 9.13 Å². The largest absolute Gasteiger partial charge is 0.481 e. The van der Waals surface area contributed by atoms with Crippen molar-refractivity contribution in [3.8, 4) is 5.75 Å². The summed E-state index contributed by atoms with van der Waals surface area (Å²) in [6, 6.07) is 12.3. The molecule has 2 N–H and O–H groups in total. The molecule has 1 heterocycles. The maximum atomic E-state index is 13.5. The molecule has 0 aliphatic carbocycles. The first-order chi connectivity index (χ1) is 9.24. The third kappa shape index (κ3) is 2.37. The van der Waals surface area contributed by atoms with E-state index in [1.807, 2.05) is 24.3 Å². The van der Waals surface area contributed by atoms with Crippen LogP contribution < -0.4 is 10.5 Å². The SMILES string of the molecule is Nc1cccc(F)c1OCc1nc2ccccc2s1. The summed E-state index contributed by atoms with van der Waals surface area (Å²) in [6.45, 7) is 0.213. The Bertz CT molecular complexity index is 673. The highest BCUT2D eigenvalue weighted by molar-refractivity contribution is 7.18. The Morgan fingerprint density at radius 3 is 2.79 bits per heavy atom. The number of thiazole rings is 1. The van der Waals surface area contributed by atoms with Gasteiger partial charge in [-0.1, -0.05) is 18.2 Å². The number of hydrogen-bond acceptors (Lipinski definition) is 4. The molecule has 1 aromatic heterocycles. The highest BCUT2D eigenvalue weighted by atomic mass is 32.1. The lowest BCUT2D eigenvalue weighted by Gasteiger charge is -2.07. The van der Waals surface area contributed by atoms with Gasteiger partial charge in [-0.25, -0.2) is 9.37 Å². The lowest BCUT2D eigenvalue weighted by Crippen LogP contribution is -2.00. The van der Waals surface area contributed by atoms with Gasteiger partial charge in [0, 0.05) is 0 Å². The van der Waals surface area contributed by atoms with E-state index < -0.39 is 5.82 Å². The van der Waals surface area contributed by atoms with Crippen molar-refractivity contribution >= 4 is 27.2 Å². The number of rotatable bonds is 3. The summed E-state index contributed by atoms with van der Waals surface area (Å²) in [5.74, 6) is -0.372. The summed E-state index contributed by atoms with van der Waals surface area (Å²) >= 11 is 1.53. The van der Waals surface area contributed by atoms with Gasteiger partial charge < -0.3 is 10.5 Å². The highest BCUT2D eigenvalue weighted by Gasteiger charge is 2.09. The molecule has 3 nitrogen and oxygen atoms in total. The molecular formula is C14H11FN2OS. The number of nitrogens with two attached hydrogens (primary N) is 1. The molecular weight excluding hydrogens is 263 g/mol. The van der Waals surface area contributed by atoms with E-state index in [9.17, 15) is 4.39 Å². The van der Waals surface area contributed by atoms with Gasteiger partial charge in [0.2, 0.25) is 0 Å². The van der Waals surface area contributed by atoms with Crippen LogP contribution in [0.2, 0.25) is 0 Å². The van der Waals surface area contributed by atoms with Gasteiger partial charge in [-0.05, 0) is 24.3 Å². The second-order valence-corrected chi connectivity index (χ2v) is 5.14. The molecule has 19 heavy (non-hydrogen) atoms. The number of halogens is 1. The molecule has 0 spiro atoms. The third-order valence-corrected chi connectivity index (χ3v) is 3.69. The number of benzene rings is 2. The van der Waals surface area contributed by atoms with Crippen LogP contribution in [0.4, 0.5) is 10.1 Å². The Hall–Kier alpha value is -2.14. The maximum absolute atomic E-state index is 13.5. The maximum Gasteiger partial charge on any atom is 0.178 e. The van der Waals surface area contributed by atoms with Gasteiger partial charge >= 0.3 is 0 Å². The van der Waals surface area contributed by atoms with Gasteiger partial charge in [0.1, 0.15) is 11.6 Å². The molecule has 0 radical (unpaired) electrons. The van der Waals surface area contributed by atoms with Crippen LogP contribution in [0, 0.1) is 5.82 Å². The Labute approximate surface area is 113 Å². The van der Waals surface area contributed by atoms with Gasteiger partial charge in [-0.15, -0.1) is 11.3 Å². The molecule has 0 atom stereocenters. The fraction of sp³-hybridized carbons (Fsp3) is 0.0714. The number of hydrogen-bond donors (Lipinski definition) is 1. The van der Waals surface area contributed by atoms with Crippen LogP contribution in [0.1, 0.15) is 5.01 Å². The molecule has 0 fully saturated rings. The van der Waals surface area contributed by atoms with Crippen molar-refractivity contribution in [3.63, 3.8) is 0 Å². The van der Waals surface area contributed by atoms with E-state index in [1.54, 1.807) is 12.1 Å². The summed E-state index contributed by atoms with van der Waals surface area (Å²) in [5.41, 5.74) is 6.90. The van der Waals surface area contributed by atoms with Crippen molar-refractivity contribution in [2.75, 3.05) is 5.73 Å². The van der Waals surface area contributed by atoms with Crippen molar-refractivity contribution in [2.45, 2.75) is 6.61 Å². The first kappa shape index (κ1) is 11.9. The summed E-state index contributed by atoms with van der Waals surface area (Å²) in [5, 5.41) is 0.795. The number of ether oxygens (including phenoxy) is 1. The summed E-state index contributed by atoms with van der Waals surface area (Å²) in [7, 11) is 0. The number of nitrogens with zero attached hydrogens (tertiary/aromatic N) is 1. The first-order valence-corrected chi connectivity index (χ1v) is 6.57. The quantitative estimate of drug-likeness (QED) is 0.742. The molecule has 3 rings (SSSR count). The second kappa shape index (κ2) is 4.85. The number of para-hydroxylation sites is 2. The number of fused-ring (bicyclic) bond motifs is 1. The van der Waals surface area contributed by atoms with Crippen LogP contribution in [-0.2, 0) is 6.61 Å². The predicted octanol–water partition coefficient (Wildman–Crippen LogP) is 3.60. The summed E-state index contributed by atoms with van der Waals surface area (Å²) in [4.78, 5) is 4.42. The number of aromatic nitrogens is 1. The molecule has 0 aliphatic heterocycles. The first-order valence-electron chi connectivity index (χ1n) is 5.75. The fourth-order valence-corrected chi connectivity index (χ4v) is 2.67. The topological polar surface area (TPSA) is 48.1 Å². The lowest BCUT2D eigenvalue weighted by atomic mass is 10.3. The molecule has 0 bridgehead atoms. The van der Waals surface area contributed by atoms with E-state index in [1.165, 1.54) is 17.4 Å². The Morgan fingerprint density at radius 1 is 1.16 bits per heavy atom. The molecule has 96 valence electrons. The van der Waals surface area contributed by atoms with E-state index in [-0.39, 0.29) is 12.4 Å². The molecule has 0 aliphatic rings. The Kier molecular flexibility index (Phi) is 3.05. The summed E-state index contributed by atoms with van der Waals surface area (Å²) < 4.78 is 20.1. The summed E-state index contributed by atoms with van der Waals surface area (Å²) in [6.07, 6.45) is 0. The van der Waals surface area contributed by atoms with Gasteiger partial charge in [0.15, 0.2) is 11.6 Å². The monoisotopic (exact) mass is 274 g/mol. The Balaban J connectivity index is 1.82. The number of nitrogen functional groups attached to an aromatic ring is 1. The minimum atomic E-state index is -0.457. The van der Waals surface area contributed by atoms with Crippen LogP contribution in [0.15, 0.2) is 42.5 Å². The smallest absolute Gasteiger partial charge is 0.178 e. The molecule has 0 saturated carbocycles. The van der Waals surface area contributed by atoms with Gasteiger partial charge in [0.05, 0.1) is 15.9 Å². The zero-order chi connectivity index (χ0) is 13.2. The normalized spacial score (nSPS) is 10.8. The predicted molar refractivity (Wildman–Crippen MR) is 74.8 cm³/mol. The highest BCUT2D eigenvalue weighted by Crippen LogP contribution is 2.27. The number of anilines is 1. The van der Waals surface area contributed by atoms with Gasteiger partial charge in [0.25, 0.3) is 0 Å². The van der Waals surface area contributed by atoms with E-state index in [0.29, 0.717) is 5.69 Å². The third-order valence-electron chi connectivity index (χ3n) is 2.68. The van der Waals surface area contributed by atoms with Crippen LogP contribution in [0.5, 0.6) is 5.75 Å². The van der Waals surface area contributed by atoms with Crippen LogP contribution in [0.25, 0.3) is 10.2 Å². The van der Waals surface area contributed by atoms with Crippen molar-refractivity contribution in [3.05, 3.63) is 53.3 Å². The zero-order valence-electron chi connectivity index (χ0n) is 9.97. The molecule has 2 aromatic carbocycles. The van der Waals surface area contributed by atoms with Crippen LogP contribution >= 0.6 is 11.3 Å². The van der Waals surface area contributed by atoms with E-state index >= 15 is 0 Å². The van der Waals surface area contributed by atoms with E-state index in [0.717, 1.165) is 15.2 Å². The standard InChI is InChI=1S/C14H11FN2OS/c15-9-4-3-5-10(16)14(9)18-8-13-17-11-6-1-2-7-12(11)19-13/h1-7H,8,16H2. The minimum absolute atomic E-state index is 0.0850. The average molecular weight is 274 g/mol. The van der Waals surface area contributed by atoms with Gasteiger partial charge in [-0.3, -0.25) is 0 Å². The minimum Gasteiger partial charge on any atom is -0.481 e. The van der Waals surface area contributed by atoms with E-state index in [4.69, 9.17) is 10.5 Å². The van der Waals surface area contributed by atoms with Crippen LogP contribution in [-0.4, -0.2) is 4.98 Å². The van der Waals surface area contributed by atoms with Crippen molar-refractivity contribution in [1.82, 2.24) is 4.98 Å². The molecule has 0 amide bonds. The zero-order valence-corrected chi connectivity index (χ0v) is 10.8. The van der Waals surface area contributed by atoms with Crippen LogP contribution in [0.3, 0.4) is 0 Å². The van der Waals surface area contributed by atoms with Crippen molar-refractivity contribution in [1.29, 1.82) is 0 Å². The average Bonchev–Trinajstić information content (AvgIpc) is 2.81. The molecule has 5 heteroatoms. The lowest BCUT2D eigenvalue weighted by molar-refractivity contribution is 0.292. The Morgan fingerprint density at radius 2 is 2.00 bits per heavy atom. The fourth-order valence-electron chi connectivity index (χ4n) is 1.79. The molecule has 0 saturated heterocycles. The molecule has 0 unspecified atom stereocenters. The van der Waals surface area contributed by atoms with E-state index in [2.05, 4.69) is 4.98 Å². The van der Waals surface area contributed by atoms with Gasteiger partial charge in [-0.2, -0.15) is 0 Å². The second-order valence-electron chi connectivity index (χ2n) is 4.02. The molecule has 3 aromatic rings.